The lowest BCUT2D eigenvalue weighted by Gasteiger charge is -2.13. The van der Waals surface area contributed by atoms with Gasteiger partial charge >= 0.3 is 11.9 Å². The number of hydrogen-bond acceptors (Lipinski definition) is 6. The molecule has 0 atom stereocenters. The van der Waals surface area contributed by atoms with E-state index in [0.29, 0.717) is 24.3 Å². The van der Waals surface area contributed by atoms with Gasteiger partial charge in [-0.25, -0.2) is 9.59 Å². The summed E-state index contributed by atoms with van der Waals surface area (Å²) in [7, 11) is 0. The zero-order valence-electron chi connectivity index (χ0n) is 16.5. The van der Waals surface area contributed by atoms with Gasteiger partial charge in [-0.15, -0.1) is 0 Å². The van der Waals surface area contributed by atoms with E-state index in [2.05, 4.69) is 10.3 Å². The number of fused-ring (bicyclic) bond motifs is 1. The quantitative estimate of drug-likeness (QED) is 0.619. The fourth-order valence-corrected chi connectivity index (χ4v) is 2.90. The number of carbonyl (C=O) groups is 2. The van der Waals surface area contributed by atoms with E-state index in [9.17, 15) is 9.59 Å². The number of hydrogen-bond donors (Lipinski definition) is 1. The lowest BCUT2D eigenvalue weighted by atomic mass is 10.1. The first-order valence-electron chi connectivity index (χ1n) is 9.14. The Bertz CT molecular complexity index is 1040. The van der Waals surface area contributed by atoms with Crippen molar-refractivity contribution in [3.63, 3.8) is 0 Å². The Hall–Kier alpha value is -3.12. The van der Waals surface area contributed by atoms with Crippen molar-refractivity contribution in [2.45, 2.75) is 20.8 Å². The number of aromatic nitrogens is 1. The van der Waals surface area contributed by atoms with Crippen molar-refractivity contribution in [3.8, 4) is 0 Å². The lowest BCUT2D eigenvalue weighted by molar-refractivity contribution is -0.0000410. The van der Waals surface area contributed by atoms with Gasteiger partial charge in [-0.1, -0.05) is 6.07 Å². The summed E-state index contributed by atoms with van der Waals surface area (Å²) in [5.74, 6) is -0.744. The first-order valence-corrected chi connectivity index (χ1v) is 9.14. The molecule has 0 saturated carbocycles. The number of ether oxygens (including phenoxy) is 2. The minimum absolute atomic E-state index is 0. The molecule has 7 heteroatoms. The van der Waals surface area contributed by atoms with Gasteiger partial charge in [0.05, 0.1) is 29.9 Å². The molecule has 1 N–H and O–H groups in total. The summed E-state index contributed by atoms with van der Waals surface area (Å²) in [5.41, 5.74) is 4.05. The standard InChI is InChI=1S/C22H22N2O4.ClH/c1-4-27-21(25)15-7-6-8-17(12-15)24-20-11-14(3)23-19-10-9-16(13-18(19)20)22(26)28-5-2;/h6-13H,4-5H2,1-3H3,(H,23,24);1H/p-1. The summed E-state index contributed by atoms with van der Waals surface area (Å²) in [6, 6.07) is 14.2. The third-order valence-electron chi connectivity index (χ3n) is 4.10. The summed E-state index contributed by atoms with van der Waals surface area (Å²) in [5, 5.41) is 4.11. The van der Waals surface area contributed by atoms with E-state index in [1.807, 2.05) is 19.1 Å². The van der Waals surface area contributed by atoms with Crippen molar-refractivity contribution in [1.82, 2.24) is 4.98 Å². The van der Waals surface area contributed by atoms with E-state index >= 15 is 0 Å². The molecule has 0 fully saturated rings. The molecule has 0 radical (unpaired) electrons. The number of rotatable bonds is 6. The Labute approximate surface area is 175 Å². The smallest absolute Gasteiger partial charge is 0.338 e. The van der Waals surface area contributed by atoms with E-state index in [4.69, 9.17) is 9.47 Å². The second-order valence-electron chi connectivity index (χ2n) is 6.19. The van der Waals surface area contributed by atoms with Gasteiger partial charge in [0.25, 0.3) is 0 Å². The van der Waals surface area contributed by atoms with Crippen LogP contribution >= 0.6 is 0 Å². The van der Waals surface area contributed by atoms with Crippen LogP contribution in [0.15, 0.2) is 48.5 Å². The number of anilines is 2. The highest BCUT2D eigenvalue weighted by Crippen LogP contribution is 2.28. The minimum atomic E-state index is -0.375. The molecule has 1 aromatic heterocycles. The SMILES string of the molecule is CCOC(=O)c1cccc(Nc2cc(C)nc3ccc(C(=O)OCC)cc23)c1.[Cl-]. The molecule has 3 rings (SSSR count). The van der Waals surface area contributed by atoms with Crippen LogP contribution < -0.4 is 17.7 Å². The maximum atomic E-state index is 12.1. The molecule has 0 aliphatic rings. The monoisotopic (exact) mass is 413 g/mol. The number of pyridine rings is 1. The van der Waals surface area contributed by atoms with Crippen LogP contribution in [0.5, 0.6) is 0 Å². The molecule has 0 aliphatic carbocycles. The van der Waals surface area contributed by atoms with Gasteiger partial charge in [0.2, 0.25) is 0 Å². The van der Waals surface area contributed by atoms with Crippen molar-refractivity contribution >= 4 is 34.2 Å². The van der Waals surface area contributed by atoms with E-state index < -0.39 is 0 Å². The average Bonchev–Trinajstić information content (AvgIpc) is 2.68. The third-order valence-corrected chi connectivity index (χ3v) is 4.10. The van der Waals surface area contributed by atoms with Gasteiger partial charge in [0.1, 0.15) is 0 Å². The Morgan fingerprint density at radius 1 is 0.931 bits per heavy atom. The fourth-order valence-electron chi connectivity index (χ4n) is 2.90. The van der Waals surface area contributed by atoms with Crippen molar-refractivity contribution in [2.24, 2.45) is 0 Å². The van der Waals surface area contributed by atoms with Crippen molar-refractivity contribution in [2.75, 3.05) is 18.5 Å². The molecule has 0 aliphatic heterocycles. The van der Waals surface area contributed by atoms with Crippen LogP contribution in [-0.4, -0.2) is 30.1 Å². The van der Waals surface area contributed by atoms with Gasteiger partial charge in [0, 0.05) is 22.5 Å². The molecule has 0 unspecified atom stereocenters. The Morgan fingerprint density at radius 3 is 2.24 bits per heavy atom. The highest BCUT2D eigenvalue weighted by Gasteiger charge is 2.12. The summed E-state index contributed by atoms with van der Waals surface area (Å²) < 4.78 is 10.2. The molecule has 2 aromatic carbocycles. The Morgan fingerprint density at radius 2 is 1.59 bits per heavy atom. The van der Waals surface area contributed by atoms with Crippen LogP contribution in [-0.2, 0) is 9.47 Å². The molecule has 6 nitrogen and oxygen atoms in total. The van der Waals surface area contributed by atoms with Gasteiger partial charge in [-0.05, 0) is 63.2 Å². The molecule has 0 amide bonds. The Balaban J connectivity index is 0.00000300. The van der Waals surface area contributed by atoms with Gasteiger partial charge in [0.15, 0.2) is 0 Å². The highest BCUT2D eigenvalue weighted by atomic mass is 35.5. The van der Waals surface area contributed by atoms with Crippen LogP contribution in [0.3, 0.4) is 0 Å². The predicted molar refractivity (Wildman–Crippen MR) is 108 cm³/mol. The molecule has 3 aromatic rings. The number of carbonyl (C=O) groups excluding carboxylic acids is 2. The maximum absolute atomic E-state index is 12.1. The number of nitrogens with zero attached hydrogens (tertiary/aromatic N) is 1. The summed E-state index contributed by atoms with van der Waals surface area (Å²) >= 11 is 0. The highest BCUT2D eigenvalue weighted by molar-refractivity contribution is 6.00. The molecule has 1 heterocycles. The minimum Gasteiger partial charge on any atom is -1.00 e. The largest absolute Gasteiger partial charge is 1.00 e. The van der Waals surface area contributed by atoms with Crippen molar-refractivity contribution < 1.29 is 31.5 Å². The number of aryl methyl sites for hydroxylation is 1. The molecular weight excluding hydrogens is 392 g/mol. The predicted octanol–water partition coefficient (Wildman–Crippen LogP) is 1.64. The first-order chi connectivity index (χ1) is 13.5. The number of benzene rings is 2. The van der Waals surface area contributed by atoms with E-state index in [1.54, 1.807) is 50.2 Å². The summed E-state index contributed by atoms with van der Waals surface area (Å²) in [6.45, 7) is 6.08. The average molecular weight is 414 g/mol. The molecule has 0 saturated heterocycles. The molecule has 0 bridgehead atoms. The summed E-state index contributed by atoms with van der Waals surface area (Å²) in [6.07, 6.45) is 0. The Kier molecular flexibility index (Phi) is 7.56. The van der Waals surface area contributed by atoms with Crippen LogP contribution in [0.25, 0.3) is 10.9 Å². The first kappa shape index (κ1) is 22.2. The number of halogens is 1. The van der Waals surface area contributed by atoms with E-state index in [1.165, 1.54) is 0 Å². The van der Waals surface area contributed by atoms with Gasteiger partial charge in [-0.3, -0.25) is 4.98 Å². The van der Waals surface area contributed by atoms with Crippen LogP contribution in [0.2, 0.25) is 0 Å². The molecule has 29 heavy (non-hydrogen) atoms. The number of nitrogens with one attached hydrogen (secondary N) is 1. The van der Waals surface area contributed by atoms with Crippen molar-refractivity contribution in [3.05, 3.63) is 65.4 Å². The van der Waals surface area contributed by atoms with Gasteiger partial charge < -0.3 is 27.2 Å². The zero-order chi connectivity index (χ0) is 20.1. The zero-order valence-corrected chi connectivity index (χ0v) is 17.2. The second kappa shape index (κ2) is 9.89. The lowest BCUT2D eigenvalue weighted by Crippen LogP contribution is -3.00. The topological polar surface area (TPSA) is 77.5 Å². The van der Waals surface area contributed by atoms with E-state index in [0.717, 1.165) is 28.0 Å². The molecular formula is C22H22ClN2O4-. The normalized spacial score (nSPS) is 10.2. The molecule has 152 valence electrons. The van der Waals surface area contributed by atoms with E-state index in [-0.39, 0.29) is 24.3 Å². The second-order valence-corrected chi connectivity index (χ2v) is 6.19. The van der Waals surface area contributed by atoms with Crippen molar-refractivity contribution in [1.29, 1.82) is 0 Å². The van der Waals surface area contributed by atoms with Gasteiger partial charge in [-0.2, -0.15) is 0 Å². The van der Waals surface area contributed by atoms with Crippen LogP contribution in [0.1, 0.15) is 40.3 Å². The van der Waals surface area contributed by atoms with Crippen LogP contribution in [0.4, 0.5) is 11.4 Å². The third kappa shape index (κ3) is 5.23. The number of esters is 2. The summed E-state index contributed by atoms with van der Waals surface area (Å²) in [4.78, 5) is 28.6. The maximum Gasteiger partial charge on any atom is 0.338 e. The fraction of sp³-hybridized carbons (Fsp3) is 0.227. The molecule has 0 spiro atoms. The van der Waals surface area contributed by atoms with Crippen LogP contribution in [0, 0.1) is 6.92 Å².